The van der Waals surface area contributed by atoms with Gasteiger partial charge in [-0.2, -0.15) is 0 Å². The van der Waals surface area contributed by atoms with E-state index in [0.717, 1.165) is 0 Å². The third kappa shape index (κ3) is 1.91. The summed E-state index contributed by atoms with van der Waals surface area (Å²) in [6.07, 6.45) is 3.38. The molecule has 5 heteroatoms. The molecule has 17 heavy (non-hydrogen) atoms. The second-order valence-corrected chi connectivity index (χ2v) is 3.94. The number of allylic oxidation sites excluding steroid dienone is 2. The maximum atomic E-state index is 12.1. The lowest BCUT2D eigenvalue weighted by atomic mass is 10.3. The molecule has 2 heterocycles. The van der Waals surface area contributed by atoms with Gasteiger partial charge in [0, 0.05) is 0 Å². The number of hydrogen-bond acceptors (Lipinski definition) is 2. The van der Waals surface area contributed by atoms with Gasteiger partial charge in [-0.3, -0.25) is 9.48 Å². The first-order chi connectivity index (χ1) is 8.19. The lowest BCUT2D eigenvalue weighted by Gasteiger charge is -2.07. The van der Waals surface area contributed by atoms with Crippen LogP contribution in [0.5, 0.6) is 0 Å². The Morgan fingerprint density at radius 2 is 1.88 bits per heavy atom. The van der Waals surface area contributed by atoms with Crippen molar-refractivity contribution in [2.45, 2.75) is 13.1 Å². The van der Waals surface area contributed by atoms with Gasteiger partial charge in [0.1, 0.15) is 5.15 Å². The zero-order valence-corrected chi connectivity index (χ0v) is 10.0. The predicted molar refractivity (Wildman–Crippen MR) is 69.4 cm³/mol. The standard InChI is InChI=1S/C12H12ClN3O/c1-3-7-15-11-9(5-6-10(13)14-11)12(17)16(15)8-4-2/h3-6H,1-2,7-8H2. The third-order valence-electron chi connectivity index (χ3n) is 2.45. The summed E-state index contributed by atoms with van der Waals surface area (Å²) in [6.45, 7) is 8.24. The van der Waals surface area contributed by atoms with E-state index in [-0.39, 0.29) is 5.56 Å². The first-order valence-corrected chi connectivity index (χ1v) is 5.54. The van der Waals surface area contributed by atoms with Gasteiger partial charge in [0.15, 0.2) is 5.65 Å². The molecule has 0 spiro atoms. The number of pyridine rings is 1. The molecular weight excluding hydrogens is 238 g/mol. The van der Waals surface area contributed by atoms with Gasteiger partial charge in [0.25, 0.3) is 5.56 Å². The second kappa shape index (κ2) is 4.59. The Kier molecular flexibility index (Phi) is 3.15. The fourth-order valence-electron chi connectivity index (χ4n) is 1.76. The van der Waals surface area contributed by atoms with Crippen molar-refractivity contribution in [3.8, 4) is 0 Å². The van der Waals surface area contributed by atoms with Gasteiger partial charge in [0.05, 0.1) is 18.5 Å². The Balaban J connectivity index is 2.82. The molecule has 0 aliphatic carbocycles. The minimum Gasteiger partial charge on any atom is -0.267 e. The summed E-state index contributed by atoms with van der Waals surface area (Å²) in [5, 5.41) is 0.921. The summed E-state index contributed by atoms with van der Waals surface area (Å²) >= 11 is 5.85. The second-order valence-electron chi connectivity index (χ2n) is 3.55. The Hall–Kier alpha value is -1.81. The van der Waals surface area contributed by atoms with Crippen molar-refractivity contribution < 1.29 is 0 Å². The molecule has 0 atom stereocenters. The van der Waals surface area contributed by atoms with E-state index < -0.39 is 0 Å². The van der Waals surface area contributed by atoms with Crippen molar-refractivity contribution in [2.24, 2.45) is 0 Å². The molecule has 0 bridgehead atoms. The monoisotopic (exact) mass is 249 g/mol. The molecule has 0 fully saturated rings. The van der Waals surface area contributed by atoms with Crippen LogP contribution >= 0.6 is 11.6 Å². The largest absolute Gasteiger partial charge is 0.276 e. The van der Waals surface area contributed by atoms with Crippen molar-refractivity contribution in [3.05, 3.63) is 52.9 Å². The van der Waals surface area contributed by atoms with Gasteiger partial charge < -0.3 is 0 Å². The molecule has 0 aromatic carbocycles. The molecule has 0 aliphatic heterocycles. The van der Waals surface area contributed by atoms with Gasteiger partial charge in [-0.1, -0.05) is 23.8 Å². The van der Waals surface area contributed by atoms with Crippen molar-refractivity contribution in [1.29, 1.82) is 0 Å². The molecule has 0 aliphatic rings. The maximum absolute atomic E-state index is 12.1. The van der Waals surface area contributed by atoms with Gasteiger partial charge in [-0.05, 0) is 12.1 Å². The van der Waals surface area contributed by atoms with Crippen molar-refractivity contribution in [3.63, 3.8) is 0 Å². The lowest BCUT2D eigenvalue weighted by molar-refractivity contribution is 0.526. The molecule has 0 N–H and O–H groups in total. The van der Waals surface area contributed by atoms with Crippen LogP contribution in [0.1, 0.15) is 0 Å². The summed E-state index contributed by atoms with van der Waals surface area (Å²) in [6, 6.07) is 3.30. The average Bonchev–Trinajstić information content (AvgIpc) is 2.55. The predicted octanol–water partition coefficient (Wildman–Crippen LogP) is 2.22. The van der Waals surface area contributed by atoms with E-state index in [0.29, 0.717) is 29.3 Å². The zero-order chi connectivity index (χ0) is 12.4. The fraction of sp³-hybridized carbons (Fsp3) is 0.167. The summed E-state index contributed by atoms with van der Waals surface area (Å²) in [4.78, 5) is 16.3. The van der Waals surface area contributed by atoms with E-state index in [1.165, 1.54) is 0 Å². The van der Waals surface area contributed by atoms with Gasteiger partial charge in [0.2, 0.25) is 0 Å². The Morgan fingerprint density at radius 3 is 2.53 bits per heavy atom. The van der Waals surface area contributed by atoms with Crippen LogP contribution in [0.4, 0.5) is 0 Å². The average molecular weight is 250 g/mol. The first-order valence-electron chi connectivity index (χ1n) is 5.16. The number of fused-ring (bicyclic) bond motifs is 1. The molecule has 2 rings (SSSR count). The molecular formula is C12H12ClN3O. The van der Waals surface area contributed by atoms with E-state index in [1.54, 1.807) is 33.6 Å². The van der Waals surface area contributed by atoms with Gasteiger partial charge in [-0.15, -0.1) is 13.2 Å². The zero-order valence-electron chi connectivity index (χ0n) is 9.27. The highest BCUT2D eigenvalue weighted by atomic mass is 35.5. The summed E-state index contributed by atoms with van der Waals surface area (Å²) < 4.78 is 3.32. The number of halogens is 1. The molecule has 4 nitrogen and oxygen atoms in total. The van der Waals surface area contributed by atoms with Crippen LogP contribution in [0.3, 0.4) is 0 Å². The highest BCUT2D eigenvalue weighted by molar-refractivity contribution is 6.29. The van der Waals surface area contributed by atoms with Crippen molar-refractivity contribution in [2.75, 3.05) is 0 Å². The molecule has 0 saturated carbocycles. The molecule has 0 unspecified atom stereocenters. The Bertz CT molecular complexity index is 639. The molecule has 0 amide bonds. The number of nitrogens with zero attached hydrogens (tertiary/aromatic N) is 3. The molecule has 0 radical (unpaired) electrons. The van der Waals surface area contributed by atoms with E-state index in [1.807, 2.05) is 0 Å². The fourth-order valence-corrected chi connectivity index (χ4v) is 1.91. The Labute approximate surface area is 103 Å². The van der Waals surface area contributed by atoms with Crippen LogP contribution in [0.25, 0.3) is 11.0 Å². The minimum absolute atomic E-state index is 0.0917. The molecule has 0 saturated heterocycles. The van der Waals surface area contributed by atoms with Crippen LogP contribution in [0, 0.1) is 0 Å². The first kappa shape index (κ1) is 11.7. The minimum atomic E-state index is -0.0917. The van der Waals surface area contributed by atoms with Gasteiger partial charge in [-0.25, -0.2) is 9.67 Å². The molecule has 2 aromatic heterocycles. The van der Waals surface area contributed by atoms with E-state index >= 15 is 0 Å². The third-order valence-corrected chi connectivity index (χ3v) is 2.66. The SMILES string of the molecule is C=CCn1c(=O)c2ccc(Cl)nc2n1CC=C. The Morgan fingerprint density at radius 1 is 1.24 bits per heavy atom. The van der Waals surface area contributed by atoms with Crippen LogP contribution in [-0.4, -0.2) is 14.3 Å². The van der Waals surface area contributed by atoms with Crippen LogP contribution in [0.15, 0.2) is 42.2 Å². The van der Waals surface area contributed by atoms with Crippen molar-refractivity contribution >= 4 is 22.6 Å². The maximum Gasteiger partial charge on any atom is 0.276 e. The number of hydrogen-bond donors (Lipinski definition) is 0. The van der Waals surface area contributed by atoms with Crippen molar-refractivity contribution in [1.82, 2.24) is 14.3 Å². The van der Waals surface area contributed by atoms with Crippen LogP contribution in [0.2, 0.25) is 5.15 Å². The molecule has 88 valence electrons. The van der Waals surface area contributed by atoms with E-state index in [4.69, 9.17) is 11.6 Å². The van der Waals surface area contributed by atoms with Crippen LogP contribution < -0.4 is 5.56 Å². The lowest BCUT2D eigenvalue weighted by Crippen LogP contribution is -2.22. The number of aromatic nitrogens is 3. The van der Waals surface area contributed by atoms with Gasteiger partial charge >= 0.3 is 0 Å². The van der Waals surface area contributed by atoms with E-state index in [9.17, 15) is 4.79 Å². The summed E-state index contributed by atoms with van der Waals surface area (Å²) in [5.74, 6) is 0. The smallest absolute Gasteiger partial charge is 0.267 e. The normalized spacial score (nSPS) is 10.6. The highest BCUT2D eigenvalue weighted by Crippen LogP contribution is 2.13. The van der Waals surface area contributed by atoms with Crippen LogP contribution in [-0.2, 0) is 13.1 Å². The topological polar surface area (TPSA) is 39.8 Å². The molecule has 2 aromatic rings. The summed E-state index contributed by atoms with van der Waals surface area (Å²) in [7, 11) is 0. The number of rotatable bonds is 4. The van der Waals surface area contributed by atoms with E-state index in [2.05, 4.69) is 18.1 Å². The quantitative estimate of drug-likeness (QED) is 0.616. The summed E-state index contributed by atoms with van der Waals surface area (Å²) in [5.41, 5.74) is 0.482. The highest BCUT2D eigenvalue weighted by Gasteiger charge is 2.12.